The quantitative estimate of drug-likeness (QED) is 0.850. The maximum atomic E-state index is 11.8. The Balaban J connectivity index is 1.72. The first-order chi connectivity index (χ1) is 9.83. The summed E-state index contributed by atoms with van der Waals surface area (Å²) in [7, 11) is 2.20. The average molecular weight is 297 g/mol. The predicted octanol–water partition coefficient (Wildman–Crippen LogP) is 2.42. The molecule has 1 aliphatic carbocycles. The van der Waals surface area contributed by atoms with E-state index in [1.54, 1.807) is 0 Å². The highest BCUT2D eigenvalue weighted by atomic mass is 16.6. The molecule has 2 rings (SSSR count). The van der Waals surface area contributed by atoms with E-state index >= 15 is 0 Å². The van der Waals surface area contributed by atoms with Gasteiger partial charge in [0.1, 0.15) is 5.60 Å². The molecule has 1 heterocycles. The van der Waals surface area contributed by atoms with Crippen LogP contribution in [0.2, 0.25) is 0 Å². The molecule has 1 aliphatic heterocycles. The molecule has 0 unspecified atom stereocenters. The molecule has 0 aromatic heterocycles. The number of carbonyl (C=O) groups excluding carboxylic acids is 1. The highest BCUT2D eigenvalue weighted by Crippen LogP contribution is 2.25. The third-order valence-electron chi connectivity index (χ3n) is 4.34. The van der Waals surface area contributed by atoms with Crippen molar-refractivity contribution < 1.29 is 9.53 Å². The molecule has 1 saturated heterocycles. The number of nitrogens with zero attached hydrogens (tertiary/aromatic N) is 2. The lowest BCUT2D eigenvalue weighted by molar-refractivity contribution is 0.0382. The van der Waals surface area contributed by atoms with Gasteiger partial charge in [-0.05, 0) is 59.9 Å². The molecule has 122 valence electrons. The van der Waals surface area contributed by atoms with Crippen molar-refractivity contribution in [3.8, 4) is 0 Å². The second-order valence-corrected chi connectivity index (χ2v) is 7.54. The molecule has 1 N–H and O–H groups in total. The van der Waals surface area contributed by atoms with Crippen LogP contribution >= 0.6 is 0 Å². The average Bonchev–Trinajstić information content (AvgIpc) is 2.37. The van der Waals surface area contributed by atoms with Gasteiger partial charge in [0.05, 0.1) is 6.67 Å². The van der Waals surface area contributed by atoms with Crippen LogP contribution < -0.4 is 5.32 Å². The van der Waals surface area contributed by atoms with Gasteiger partial charge in [-0.3, -0.25) is 9.80 Å². The second kappa shape index (κ2) is 6.97. The van der Waals surface area contributed by atoms with Gasteiger partial charge in [-0.25, -0.2) is 4.79 Å². The van der Waals surface area contributed by atoms with E-state index in [1.807, 2.05) is 20.8 Å². The van der Waals surface area contributed by atoms with E-state index in [2.05, 4.69) is 22.2 Å². The van der Waals surface area contributed by atoms with Gasteiger partial charge < -0.3 is 10.1 Å². The summed E-state index contributed by atoms with van der Waals surface area (Å²) >= 11 is 0. The van der Waals surface area contributed by atoms with Gasteiger partial charge in [-0.2, -0.15) is 0 Å². The monoisotopic (exact) mass is 297 g/mol. The minimum atomic E-state index is -0.417. The van der Waals surface area contributed by atoms with E-state index in [1.165, 1.54) is 32.4 Å². The molecule has 2 fully saturated rings. The Morgan fingerprint density at radius 2 is 1.81 bits per heavy atom. The van der Waals surface area contributed by atoms with Gasteiger partial charge in [-0.15, -0.1) is 0 Å². The van der Waals surface area contributed by atoms with Crippen LogP contribution in [-0.4, -0.2) is 60.4 Å². The summed E-state index contributed by atoms with van der Waals surface area (Å²) in [5.74, 6) is 0. The van der Waals surface area contributed by atoms with Gasteiger partial charge in [0, 0.05) is 25.2 Å². The number of nitrogens with one attached hydrogen (secondary N) is 1. The number of rotatable bonds is 2. The van der Waals surface area contributed by atoms with E-state index in [9.17, 15) is 4.79 Å². The number of carbonyl (C=O) groups is 1. The smallest absolute Gasteiger partial charge is 0.407 e. The number of hydrogen-bond donors (Lipinski definition) is 1. The van der Waals surface area contributed by atoms with Crippen LogP contribution in [0.1, 0.15) is 52.9 Å². The molecule has 0 bridgehead atoms. The summed E-state index contributed by atoms with van der Waals surface area (Å²) in [5, 5.41) is 3.02. The third-order valence-corrected chi connectivity index (χ3v) is 4.34. The van der Waals surface area contributed by atoms with Crippen LogP contribution in [-0.2, 0) is 4.74 Å². The lowest BCUT2D eigenvalue weighted by Gasteiger charge is -2.41. The molecule has 1 amide bonds. The van der Waals surface area contributed by atoms with Gasteiger partial charge in [0.25, 0.3) is 0 Å². The van der Waals surface area contributed by atoms with Crippen LogP contribution in [0.25, 0.3) is 0 Å². The van der Waals surface area contributed by atoms with Crippen LogP contribution in [0.5, 0.6) is 0 Å². The summed E-state index contributed by atoms with van der Waals surface area (Å²) in [6.07, 6.45) is 5.47. The number of amides is 1. The Kier molecular flexibility index (Phi) is 5.49. The fourth-order valence-electron chi connectivity index (χ4n) is 3.35. The summed E-state index contributed by atoms with van der Waals surface area (Å²) < 4.78 is 5.33. The Morgan fingerprint density at radius 1 is 1.14 bits per heavy atom. The minimum Gasteiger partial charge on any atom is -0.444 e. The van der Waals surface area contributed by atoms with Crippen molar-refractivity contribution in [1.29, 1.82) is 0 Å². The van der Waals surface area contributed by atoms with E-state index in [4.69, 9.17) is 4.74 Å². The zero-order valence-corrected chi connectivity index (χ0v) is 14.0. The van der Waals surface area contributed by atoms with Crippen LogP contribution in [0.3, 0.4) is 0 Å². The van der Waals surface area contributed by atoms with Crippen LogP contribution in [0.4, 0.5) is 4.79 Å². The first kappa shape index (κ1) is 16.6. The number of ether oxygens (including phenoxy) is 1. The van der Waals surface area contributed by atoms with Gasteiger partial charge in [-0.1, -0.05) is 0 Å². The van der Waals surface area contributed by atoms with Gasteiger partial charge in [0.15, 0.2) is 0 Å². The largest absolute Gasteiger partial charge is 0.444 e. The van der Waals surface area contributed by atoms with E-state index in [0.717, 1.165) is 19.5 Å². The molecule has 0 spiro atoms. The first-order valence-corrected chi connectivity index (χ1v) is 8.25. The summed E-state index contributed by atoms with van der Waals surface area (Å²) in [6, 6.07) is 0.961. The molecular formula is C16H31N3O2. The Labute approximate surface area is 129 Å². The molecule has 21 heavy (non-hydrogen) atoms. The predicted molar refractivity (Wildman–Crippen MR) is 84.2 cm³/mol. The van der Waals surface area contributed by atoms with Crippen molar-refractivity contribution in [1.82, 2.24) is 15.1 Å². The topological polar surface area (TPSA) is 44.8 Å². The number of alkyl carbamates (subject to hydrolysis) is 1. The first-order valence-electron chi connectivity index (χ1n) is 8.25. The lowest BCUT2D eigenvalue weighted by atomic mass is 9.90. The molecule has 0 atom stereocenters. The summed E-state index contributed by atoms with van der Waals surface area (Å²) in [5.41, 5.74) is -0.417. The third kappa shape index (κ3) is 5.47. The highest BCUT2D eigenvalue weighted by molar-refractivity contribution is 5.68. The molecule has 5 heteroatoms. The maximum absolute atomic E-state index is 11.8. The van der Waals surface area contributed by atoms with Crippen molar-refractivity contribution in [3.05, 3.63) is 0 Å². The molecule has 0 aromatic carbocycles. The second-order valence-electron chi connectivity index (χ2n) is 7.54. The molecule has 0 radical (unpaired) electrons. The Hall–Kier alpha value is -0.810. The zero-order valence-electron chi connectivity index (χ0n) is 14.0. The maximum Gasteiger partial charge on any atom is 0.407 e. The fraction of sp³-hybridized carbons (Fsp3) is 0.938. The van der Waals surface area contributed by atoms with Crippen molar-refractivity contribution >= 4 is 6.09 Å². The SMILES string of the molecule is CN1CCCN(C2CCC(NC(=O)OC(C)(C)C)CC2)C1. The Bertz CT molecular complexity index is 346. The summed E-state index contributed by atoms with van der Waals surface area (Å²) in [4.78, 5) is 16.8. The molecule has 1 saturated carbocycles. The van der Waals surface area contributed by atoms with Crippen molar-refractivity contribution in [3.63, 3.8) is 0 Å². The van der Waals surface area contributed by atoms with Crippen LogP contribution in [0, 0.1) is 0 Å². The Morgan fingerprint density at radius 3 is 2.38 bits per heavy atom. The summed E-state index contributed by atoms with van der Waals surface area (Å²) in [6.45, 7) is 9.23. The molecule has 0 aromatic rings. The minimum absolute atomic E-state index is 0.274. The van der Waals surface area contributed by atoms with Gasteiger partial charge in [0.2, 0.25) is 0 Å². The fourth-order valence-corrected chi connectivity index (χ4v) is 3.35. The number of hydrogen-bond acceptors (Lipinski definition) is 4. The normalized spacial score (nSPS) is 29.1. The zero-order chi connectivity index (χ0) is 15.5. The van der Waals surface area contributed by atoms with Crippen molar-refractivity contribution in [2.24, 2.45) is 0 Å². The van der Waals surface area contributed by atoms with Gasteiger partial charge >= 0.3 is 6.09 Å². The van der Waals surface area contributed by atoms with Crippen LogP contribution in [0.15, 0.2) is 0 Å². The van der Waals surface area contributed by atoms with E-state index in [-0.39, 0.29) is 12.1 Å². The molecule has 2 aliphatic rings. The van der Waals surface area contributed by atoms with Crippen molar-refractivity contribution in [2.45, 2.75) is 70.6 Å². The van der Waals surface area contributed by atoms with E-state index < -0.39 is 5.60 Å². The van der Waals surface area contributed by atoms with Crippen molar-refractivity contribution in [2.75, 3.05) is 26.8 Å². The molecular weight excluding hydrogens is 266 g/mol. The molecule has 5 nitrogen and oxygen atoms in total. The standard InChI is InChI=1S/C16H31N3O2/c1-16(2,3)21-15(20)17-13-6-8-14(9-7-13)19-11-5-10-18(4)12-19/h13-14H,5-12H2,1-4H3,(H,17,20). The lowest BCUT2D eigenvalue weighted by Crippen LogP contribution is -2.50. The van der Waals surface area contributed by atoms with E-state index in [0.29, 0.717) is 6.04 Å². The highest BCUT2D eigenvalue weighted by Gasteiger charge is 2.29.